The Morgan fingerprint density at radius 3 is 2.35 bits per heavy atom. The fourth-order valence-corrected chi connectivity index (χ4v) is 1.70. The lowest BCUT2D eigenvalue weighted by Gasteiger charge is -2.14. The number of anilines is 1. The summed E-state index contributed by atoms with van der Waals surface area (Å²) < 4.78 is 5.81. The molecule has 1 atom stereocenters. The van der Waals surface area contributed by atoms with Crippen LogP contribution in [-0.4, -0.2) is 0 Å². The highest BCUT2D eigenvalue weighted by atomic mass is 16.5. The summed E-state index contributed by atoms with van der Waals surface area (Å²) >= 11 is 0. The van der Waals surface area contributed by atoms with Gasteiger partial charge >= 0.3 is 0 Å². The van der Waals surface area contributed by atoms with Gasteiger partial charge in [0.05, 0.1) is 12.7 Å². The van der Waals surface area contributed by atoms with Crippen molar-refractivity contribution in [1.29, 1.82) is 0 Å². The van der Waals surface area contributed by atoms with E-state index in [0.717, 1.165) is 11.3 Å². The van der Waals surface area contributed by atoms with Crippen LogP contribution in [-0.2, 0) is 11.3 Å². The molecule has 1 unspecified atom stereocenters. The van der Waals surface area contributed by atoms with E-state index in [1.54, 1.807) is 0 Å². The molecule has 2 aromatic carbocycles. The number of hydrogen-bond donors (Lipinski definition) is 1. The molecule has 0 saturated heterocycles. The molecule has 0 aliphatic heterocycles. The molecular formula is C15H17NO. The lowest BCUT2D eigenvalue weighted by Crippen LogP contribution is -2.02. The van der Waals surface area contributed by atoms with Gasteiger partial charge in [0, 0.05) is 11.3 Å². The van der Waals surface area contributed by atoms with Gasteiger partial charge in [-0.1, -0.05) is 48.5 Å². The van der Waals surface area contributed by atoms with Gasteiger partial charge in [0.2, 0.25) is 0 Å². The minimum atomic E-state index is 0.0795. The molecule has 2 rings (SSSR count). The number of rotatable bonds is 4. The minimum absolute atomic E-state index is 0.0795. The molecule has 0 radical (unpaired) electrons. The standard InChI is InChI=1S/C15H17NO/c1-12(13-7-3-2-4-8-13)17-11-14-9-5-6-10-15(14)16/h2-10,12H,11,16H2,1H3. The van der Waals surface area contributed by atoms with E-state index in [1.807, 2.05) is 42.5 Å². The summed E-state index contributed by atoms with van der Waals surface area (Å²) in [6.45, 7) is 2.59. The molecule has 0 bridgehead atoms. The summed E-state index contributed by atoms with van der Waals surface area (Å²) in [6.07, 6.45) is 0.0795. The van der Waals surface area contributed by atoms with Crippen LogP contribution in [0.5, 0.6) is 0 Å². The van der Waals surface area contributed by atoms with Gasteiger partial charge in [-0.05, 0) is 18.6 Å². The van der Waals surface area contributed by atoms with Crippen LogP contribution in [0, 0.1) is 0 Å². The predicted octanol–water partition coefficient (Wildman–Crippen LogP) is 3.55. The third-order valence-electron chi connectivity index (χ3n) is 2.81. The summed E-state index contributed by atoms with van der Waals surface area (Å²) in [7, 11) is 0. The van der Waals surface area contributed by atoms with Crippen LogP contribution in [0.15, 0.2) is 54.6 Å². The Hall–Kier alpha value is -1.80. The first kappa shape index (κ1) is 11.7. The van der Waals surface area contributed by atoms with Crippen molar-refractivity contribution in [3.8, 4) is 0 Å². The van der Waals surface area contributed by atoms with Gasteiger partial charge in [-0.3, -0.25) is 0 Å². The number of benzene rings is 2. The zero-order valence-electron chi connectivity index (χ0n) is 9.97. The Labute approximate surface area is 102 Å². The Balaban J connectivity index is 1.97. The van der Waals surface area contributed by atoms with Crippen LogP contribution < -0.4 is 5.73 Å². The normalized spacial score (nSPS) is 12.3. The zero-order valence-corrected chi connectivity index (χ0v) is 9.97. The van der Waals surface area contributed by atoms with Gasteiger partial charge in [-0.2, -0.15) is 0 Å². The molecule has 0 spiro atoms. The van der Waals surface area contributed by atoms with E-state index < -0.39 is 0 Å². The monoisotopic (exact) mass is 227 g/mol. The number of nitrogens with two attached hydrogens (primary N) is 1. The first-order chi connectivity index (χ1) is 8.27. The van der Waals surface area contributed by atoms with Crippen LogP contribution >= 0.6 is 0 Å². The van der Waals surface area contributed by atoms with Gasteiger partial charge < -0.3 is 10.5 Å². The highest BCUT2D eigenvalue weighted by Gasteiger charge is 2.06. The molecular weight excluding hydrogens is 210 g/mol. The van der Waals surface area contributed by atoms with Crippen molar-refractivity contribution in [2.24, 2.45) is 0 Å². The molecule has 2 N–H and O–H groups in total. The summed E-state index contributed by atoms with van der Waals surface area (Å²) in [5, 5.41) is 0. The van der Waals surface area contributed by atoms with Gasteiger partial charge in [0.1, 0.15) is 0 Å². The van der Waals surface area contributed by atoms with Crippen LogP contribution in [0.4, 0.5) is 5.69 Å². The molecule has 2 aromatic rings. The summed E-state index contributed by atoms with van der Waals surface area (Å²) in [6, 6.07) is 18.0. The molecule has 2 nitrogen and oxygen atoms in total. The quantitative estimate of drug-likeness (QED) is 0.811. The maximum Gasteiger partial charge on any atom is 0.0801 e. The summed E-state index contributed by atoms with van der Waals surface area (Å²) in [4.78, 5) is 0. The second kappa shape index (κ2) is 5.51. The van der Waals surface area contributed by atoms with E-state index in [9.17, 15) is 0 Å². The minimum Gasteiger partial charge on any atom is -0.398 e. The molecule has 17 heavy (non-hydrogen) atoms. The van der Waals surface area contributed by atoms with Gasteiger partial charge in [-0.15, -0.1) is 0 Å². The van der Waals surface area contributed by atoms with Crippen LogP contribution in [0.25, 0.3) is 0 Å². The maximum atomic E-state index is 5.87. The van der Waals surface area contributed by atoms with Crippen molar-refractivity contribution in [2.45, 2.75) is 19.6 Å². The molecule has 0 saturated carbocycles. The molecule has 0 aromatic heterocycles. The Morgan fingerprint density at radius 2 is 1.65 bits per heavy atom. The molecule has 0 heterocycles. The van der Waals surface area contributed by atoms with Crippen molar-refractivity contribution in [3.63, 3.8) is 0 Å². The SMILES string of the molecule is CC(OCc1ccccc1N)c1ccccc1. The highest BCUT2D eigenvalue weighted by molar-refractivity contribution is 5.45. The van der Waals surface area contributed by atoms with E-state index in [-0.39, 0.29) is 6.10 Å². The molecule has 2 heteroatoms. The largest absolute Gasteiger partial charge is 0.398 e. The van der Waals surface area contributed by atoms with Crippen molar-refractivity contribution in [2.75, 3.05) is 5.73 Å². The lowest BCUT2D eigenvalue weighted by molar-refractivity contribution is 0.0529. The van der Waals surface area contributed by atoms with Crippen molar-refractivity contribution in [3.05, 3.63) is 65.7 Å². The predicted molar refractivity (Wildman–Crippen MR) is 70.5 cm³/mol. The van der Waals surface area contributed by atoms with E-state index in [1.165, 1.54) is 5.56 Å². The fourth-order valence-electron chi connectivity index (χ4n) is 1.70. The Bertz CT molecular complexity index is 467. The van der Waals surface area contributed by atoms with Gasteiger partial charge in [0.15, 0.2) is 0 Å². The van der Waals surface area contributed by atoms with Gasteiger partial charge in [0.25, 0.3) is 0 Å². The van der Waals surface area contributed by atoms with Crippen LogP contribution in [0.1, 0.15) is 24.2 Å². The van der Waals surface area contributed by atoms with Crippen LogP contribution in [0.2, 0.25) is 0 Å². The fraction of sp³-hybridized carbons (Fsp3) is 0.200. The number of para-hydroxylation sites is 1. The number of ether oxygens (including phenoxy) is 1. The number of nitrogen functional groups attached to an aromatic ring is 1. The van der Waals surface area contributed by atoms with E-state index >= 15 is 0 Å². The number of hydrogen-bond acceptors (Lipinski definition) is 2. The smallest absolute Gasteiger partial charge is 0.0801 e. The molecule has 0 fully saturated rings. The van der Waals surface area contributed by atoms with Crippen LogP contribution in [0.3, 0.4) is 0 Å². The van der Waals surface area contributed by atoms with Crippen molar-refractivity contribution in [1.82, 2.24) is 0 Å². The molecule has 88 valence electrons. The van der Waals surface area contributed by atoms with Crippen molar-refractivity contribution < 1.29 is 4.74 Å². The third-order valence-corrected chi connectivity index (χ3v) is 2.81. The third kappa shape index (κ3) is 3.08. The zero-order chi connectivity index (χ0) is 12.1. The second-order valence-corrected chi connectivity index (χ2v) is 4.06. The maximum absolute atomic E-state index is 5.87. The summed E-state index contributed by atoms with van der Waals surface area (Å²) in [5.74, 6) is 0. The molecule has 0 amide bonds. The highest BCUT2D eigenvalue weighted by Crippen LogP contribution is 2.20. The Morgan fingerprint density at radius 1 is 1.00 bits per heavy atom. The lowest BCUT2D eigenvalue weighted by atomic mass is 10.1. The second-order valence-electron chi connectivity index (χ2n) is 4.06. The van der Waals surface area contributed by atoms with E-state index in [4.69, 9.17) is 10.5 Å². The Kier molecular flexibility index (Phi) is 3.78. The van der Waals surface area contributed by atoms with E-state index in [2.05, 4.69) is 19.1 Å². The topological polar surface area (TPSA) is 35.2 Å². The average Bonchev–Trinajstić information content (AvgIpc) is 2.38. The average molecular weight is 227 g/mol. The molecule has 0 aliphatic rings. The van der Waals surface area contributed by atoms with E-state index in [0.29, 0.717) is 6.61 Å². The summed E-state index contributed by atoms with van der Waals surface area (Å²) in [5.41, 5.74) is 8.87. The first-order valence-corrected chi connectivity index (χ1v) is 5.77. The molecule has 0 aliphatic carbocycles. The van der Waals surface area contributed by atoms with Crippen molar-refractivity contribution >= 4 is 5.69 Å². The van der Waals surface area contributed by atoms with Gasteiger partial charge in [-0.25, -0.2) is 0 Å². The first-order valence-electron chi connectivity index (χ1n) is 5.77.